The fourth-order valence-electron chi connectivity index (χ4n) is 3.57. The summed E-state index contributed by atoms with van der Waals surface area (Å²) < 4.78 is 13.6. The van der Waals surface area contributed by atoms with Gasteiger partial charge >= 0.3 is 0 Å². The van der Waals surface area contributed by atoms with E-state index in [9.17, 15) is 14.0 Å². The smallest absolute Gasteiger partial charge is 0.282 e. The Hall–Kier alpha value is -3.44. The lowest BCUT2D eigenvalue weighted by atomic mass is 10.0. The van der Waals surface area contributed by atoms with E-state index < -0.39 is 17.6 Å². The summed E-state index contributed by atoms with van der Waals surface area (Å²) in [5.74, 6) is -1.65. The molecular formula is C24H18ClFN2O2. The van der Waals surface area contributed by atoms with Gasteiger partial charge in [0.1, 0.15) is 11.5 Å². The first kappa shape index (κ1) is 19.9. The Morgan fingerprint density at radius 3 is 2.17 bits per heavy atom. The van der Waals surface area contributed by atoms with Crippen LogP contribution in [0.3, 0.4) is 0 Å². The predicted molar refractivity (Wildman–Crippen MR) is 117 cm³/mol. The molecule has 0 spiro atoms. The summed E-state index contributed by atoms with van der Waals surface area (Å²) in [5.41, 5.74) is 3.99. The van der Waals surface area contributed by atoms with Gasteiger partial charge < -0.3 is 5.32 Å². The van der Waals surface area contributed by atoms with E-state index in [1.165, 1.54) is 12.1 Å². The van der Waals surface area contributed by atoms with Crippen molar-refractivity contribution in [2.45, 2.75) is 13.8 Å². The Labute approximate surface area is 178 Å². The van der Waals surface area contributed by atoms with Gasteiger partial charge in [0.15, 0.2) is 0 Å². The predicted octanol–water partition coefficient (Wildman–Crippen LogP) is 5.49. The highest BCUT2D eigenvalue weighted by atomic mass is 35.5. The molecule has 1 aliphatic rings. The molecule has 1 N–H and O–H groups in total. The van der Waals surface area contributed by atoms with E-state index in [4.69, 9.17) is 11.6 Å². The zero-order valence-corrected chi connectivity index (χ0v) is 17.1. The molecule has 6 heteroatoms. The summed E-state index contributed by atoms with van der Waals surface area (Å²) >= 11 is 5.89. The number of halogens is 2. The normalized spacial score (nSPS) is 13.9. The number of anilines is 2. The largest absolute Gasteiger partial charge is 0.350 e. The first-order chi connectivity index (χ1) is 14.3. The number of amides is 2. The van der Waals surface area contributed by atoms with Gasteiger partial charge in [-0.15, -0.1) is 0 Å². The average molecular weight is 421 g/mol. The first-order valence-corrected chi connectivity index (χ1v) is 9.72. The molecule has 3 aromatic carbocycles. The van der Waals surface area contributed by atoms with E-state index in [2.05, 4.69) is 5.32 Å². The Kier molecular flexibility index (Phi) is 5.14. The van der Waals surface area contributed by atoms with E-state index in [0.717, 1.165) is 22.1 Å². The fraction of sp³-hybridized carbons (Fsp3) is 0.0833. The quantitative estimate of drug-likeness (QED) is 0.567. The lowest BCUT2D eigenvalue weighted by Gasteiger charge is -2.16. The molecule has 1 heterocycles. The molecule has 0 atom stereocenters. The standard InChI is InChI=1S/C24H18ClFN2O2/c1-14-10-15(2)12-17(11-14)27-22-21(16-6-4-3-5-7-16)23(29)28(24(22)30)18-8-9-20(26)19(25)13-18/h3-13,27H,1-2H3. The van der Waals surface area contributed by atoms with Crippen LogP contribution in [0.25, 0.3) is 5.57 Å². The SMILES string of the molecule is Cc1cc(C)cc(NC2=C(c3ccccc3)C(=O)N(c3ccc(F)c(Cl)c3)C2=O)c1. The molecule has 0 saturated heterocycles. The second-order valence-electron chi connectivity index (χ2n) is 7.16. The molecule has 2 amide bonds. The number of imide groups is 1. The number of nitrogens with one attached hydrogen (secondary N) is 1. The van der Waals surface area contributed by atoms with Crippen LogP contribution < -0.4 is 10.2 Å². The zero-order valence-electron chi connectivity index (χ0n) is 16.4. The summed E-state index contributed by atoms with van der Waals surface area (Å²) in [5, 5.41) is 2.98. The van der Waals surface area contributed by atoms with Gasteiger partial charge in [-0.2, -0.15) is 0 Å². The van der Waals surface area contributed by atoms with Gasteiger partial charge in [0, 0.05) is 5.69 Å². The summed E-state index contributed by atoms with van der Waals surface area (Å²) in [7, 11) is 0. The number of rotatable bonds is 4. The molecule has 0 bridgehead atoms. The Bertz CT molecular complexity index is 1180. The van der Waals surface area contributed by atoms with E-state index in [1.807, 2.05) is 38.1 Å². The van der Waals surface area contributed by atoms with E-state index in [0.29, 0.717) is 11.3 Å². The third-order valence-electron chi connectivity index (χ3n) is 4.80. The van der Waals surface area contributed by atoms with Crippen molar-refractivity contribution in [1.82, 2.24) is 0 Å². The molecule has 3 aromatic rings. The van der Waals surface area contributed by atoms with Gasteiger partial charge in [-0.3, -0.25) is 9.59 Å². The highest BCUT2D eigenvalue weighted by Gasteiger charge is 2.40. The number of carbonyl (C=O) groups excluding carboxylic acids is 2. The average Bonchev–Trinajstić information content (AvgIpc) is 2.94. The van der Waals surface area contributed by atoms with Crippen LogP contribution in [0.1, 0.15) is 16.7 Å². The van der Waals surface area contributed by atoms with Crippen LogP contribution in [0.15, 0.2) is 72.4 Å². The van der Waals surface area contributed by atoms with Crippen molar-refractivity contribution in [2.24, 2.45) is 0 Å². The highest BCUT2D eigenvalue weighted by molar-refractivity contribution is 6.46. The maximum absolute atomic E-state index is 13.6. The van der Waals surface area contributed by atoms with Crippen molar-refractivity contribution in [1.29, 1.82) is 0 Å². The van der Waals surface area contributed by atoms with Crippen LogP contribution in [0.5, 0.6) is 0 Å². The molecule has 4 nitrogen and oxygen atoms in total. The molecule has 150 valence electrons. The summed E-state index contributed by atoms with van der Waals surface area (Å²) in [6, 6.07) is 18.6. The molecule has 0 aliphatic carbocycles. The van der Waals surface area contributed by atoms with Crippen molar-refractivity contribution < 1.29 is 14.0 Å². The Balaban J connectivity index is 1.83. The summed E-state index contributed by atoms with van der Waals surface area (Å²) in [6.45, 7) is 3.91. The number of carbonyl (C=O) groups is 2. The number of aryl methyl sites for hydroxylation is 2. The summed E-state index contributed by atoms with van der Waals surface area (Å²) in [6.07, 6.45) is 0. The minimum atomic E-state index is -0.621. The van der Waals surface area contributed by atoms with E-state index >= 15 is 0 Å². The maximum Gasteiger partial charge on any atom is 0.282 e. The second-order valence-corrected chi connectivity index (χ2v) is 7.57. The molecule has 4 rings (SSSR count). The third kappa shape index (κ3) is 3.60. The third-order valence-corrected chi connectivity index (χ3v) is 5.09. The van der Waals surface area contributed by atoms with Gasteiger partial charge in [0.25, 0.3) is 11.8 Å². The second kappa shape index (κ2) is 7.76. The number of hydrogen-bond acceptors (Lipinski definition) is 3. The molecule has 0 radical (unpaired) electrons. The van der Waals surface area contributed by atoms with Crippen molar-refractivity contribution in [3.8, 4) is 0 Å². The Morgan fingerprint density at radius 1 is 0.867 bits per heavy atom. The minimum Gasteiger partial charge on any atom is -0.350 e. The van der Waals surface area contributed by atoms with Crippen LogP contribution >= 0.6 is 11.6 Å². The lowest BCUT2D eigenvalue weighted by molar-refractivity contribution is -0.120. The van der Waals surface area contributed by atoms with Gasteiger partial charge in [-0.25, -0.2) is 9.29 Å². The molecular weight excluding hydrogens is 403 g/mol. The monoisotopic (exact) mass is 420 g/mol. The number of nitrogens with zero attached hydrogens (tertiary/aromatic N) is 1. The van der Waals surface area contributed by atoms with Crippen LogP contribution in [-0.4, -0.2) is 11.8 Å². The van der Waals surface area contributed by atoms with Crippen molar-refractivity contribution >= 4 is 40.4 Å². The van der Waals surface area contributed by atoms with Gasteiger partial charge in [-0.05, 0) is 60.9 Å². The zero-order chi connectivity index (χ0) is 21.4. The van der Waals surface area contributed by atoms with Crippen LogP contribution in [0, 0.1) is 19.7 Å². The van der Waals surface area contributed by atoms with Gasteiger partial charge in [0.05, 0.1) is 16.3 Å². The van der Waals surface area contributed by atoms with Crippen molar-refractivity contribution in [3.05, 3.63) is 100.0 Å². The van der Waals surface area contributed by atoms with Gasteiger partial charge in [0.2, 0.25) is 0 Å². The summed E-state index contributed by atoms with van der Waals surface area (Å²) in [4.78, 5) is 27.6. The van der Waals surface area contributed by atoms with Crippen LogP contribution in [0.2, 0.25) is 5.02 Å². The van der Waals surface area contributed by atoms with E-state index in [1.54, 1.807) is 24.3 Å². The molecule has 30 heavy (non-hydrogen) atoms. The topological polar surface area (TPSA) is 49.4 Å². The maximum atomic E-state index is 13.6. The number of benzene rings is 3. The molecule has 0 unspecified atom stereocenters. The lowest BCUT2D eigenvalue weighted by Crippen LogP contribution is -2.32. The molecule has 0 fully saturated rings. The fourth-order valence-corrected chi connectivity index (χ4v) is 3.74. The van der Waals surface area contributed by atoms with Crippen LogP contribution in [-0.2, 0) is 9.59 Å². The van der Waals surface area contributed by atoms with Gasteiger partial charge in [-0.1, -0.05) is 48.0 Å². The number of hydrogen-bond donors (Lipinski definition) is 1. The minimum absolute atomic E-state index is 0.162. The van der Waals surface area contributed by atoms with Crippen LogP contribution in [0.4, 0.5) is 15.8 Å². The Morgan fingerprint density at radius 2 is 1.53 bits per heavy atom. The highest BCUT2D eigenvalue weighted by Crippen LogP contribution is 2.35. The molecule has 0 aromatic heterocycles. The first-order valence-electron chi connectivity index (χ1n) is 9.34. The van der Waals surface area contributed by atoms with Crippen molar-refractivity contribution in [2.75, 3.05) is 10.2 Å². The molecule has 1 aliphatic heterocycles. The molecule has 0 saturated carbocycles. The van der Waals surface area contributed by atoms with Crippen molar-refractivity contribution in [3.63, 3.8) is 0 Å². The van der Waals surface area contributed by atoms with E-state index in [-0.39, 0.29) is 22.0 Å².